The summed E-state index contributed by atoms with van der Waals surface area (Å²) in [4.78, 5) is 15.1. The van der Waals surface area contributed by atoms with Crippen LogP contribution in [-0.2, 0) is 9.53 Å². The average molecular weight is 183 g/mol. The zero-order valence-corrected chi connectivity index (χ0v) is 8.38. The van der Waals surface area contributed by atoms with E-state index < -0.39 is 0 Å². The van der Waals surface area contributed by atoms with Gasteiger partial charge in [0.2, 0.25) is 0 Å². The zero-order valence-electron chi connectivity index (χ0n) is 8.38. The van der Waals surface area contributed by atoms with E-state index in [0.717, 1.165) is 12.1 Å². The topological polar surface area (TPSA) is 38.7 Å². The molecule has 0 aliphatic carbocycles. The molecule has 13 heavy (non-hydrogen) atoms. The second-order valence-electron chi connectivity index (χ2n) is 2.68. The molecule has 0 aromatic heterocycles. The minimum Gasteiger partial charge on any atom is -0.466 e. The molecule has 0 atom stereocenters. The first-order valence-corrected chi connectivity index (χ1v) is 4.47. The lowest BCUT2D eigenvalue weighted by atomic mass is 10.3. The Morgan fingerprint density at radius 2 is 2.31 bits per heavy atom. The minimum atomic E-state index is -0.206. The summed E-state index contributed by atoms with van der Waals surface area (Å²) >= 11 is 0. The van der Waals surface area contributed by atoms with Crippen LogP contribution in [0.3, 0.4) is 0 Å². The molecular weight excluding hydrogens is 166 g/mol. The summed E-state index contributed by atoms with van der Waals surface area (Å²) in [6.45, 7) is 8.35. The van der Waals surface area contributed by atoms with E-state index >= 15 is 0 Å². The van der Waals surface area contributed by atoms with Crippen molar-refractivity contribution < 1.29 is 9.53 Å². The van der Waals surface area contributed by atoms with Crippen LogP contribution in [0.25, 0.3) is 0 Å². The van der Waals surface area contributed by atoms with Gasteiger partial charge in [0, 0.05) is 12.3 Å². The second-order valence-corrected chi connectivity index (χ2v) is 2.68. The van der Waals surface area contributed by atoms with Crippen molar-refractivity contribution in [2.24, 2.45) is 4.99 Å². The summed E-state index contributed by atoms with van der Waals surface area (Å²) in [7, 11) is 0. The number of rotatable bonds is 6. The van der Waals surface area contributed by atoms with E-state index in [2.05, 4.69) is 11.6 Å². The van der Waals surface area contributed by atoms with Crippen molar-refractivity contribution in [2.45, 2.75) is 26.7 Å². The quantitative estimate of drug-likeness (QED) is 0.273. The van der Waals surface area contributed by atoms with Gasteiger partial charge in [-0.25, -0.2) is 0 Å². The molecule has 0 heterocycles. The first-order chi connectivity index (χ1) is 6.20. The van der Waals surface area contributed by atoms with Crippen LogP contribution in [0.15, 0.2) is 17.6 Å². The second kappa shape index (κ2) is 7.53. The highest BCUT2D eigenvalue weighted by molar-refractivity contribution is 5.97. The Bertz CT molecular complexity index is 197. The first-order valence-electron chi connectivity index (χ1n) is 4.47. The molecule has 0 aliphatic rings. The molecule has 3 heteroatoms. The van der Waals surface area contributed by atoms with E-state index in [1.807, 2.05) is 6.92 Å². The lowest BCUT2D eigenvalue weighted by molar-refractivity contribution is -0.141. The van der Waals surface area contributed by atoms with Crippen molar-refractivity contribution in [1.29, 1.82) is 0 Å². The van der Waals surface area contributed by atoms with E-state index in [1.165, 1.54) is 0 Å². The molecule has 0 amide bonds. The number of nitrogens with zero attached hydrogens (tertiary/aromatic N) is 1. The lowest BCUT2D eigenvalue weighted by Crippen LogP contribution is -2.09. The van der Waals surface area contributed by atoms with E-state index in [0.29, 0.717) is 19.6 Å². The van der Waals surface area contributed by atoms with Gasteiger partial charge in [-0.2, -0.15) is 0 Å². The highest BCUT2D eigenvalue weighted by atomic mass is 16.5. The predicted molar refractivity (Wildman–Crippen MR) is 54.0 cm³/mol. The third-order valence-electron chi connectivity index (χ3n) is 1.42. The van der Waals surface area contributed by atoms with Crippen LogP contribution in [-0.4, -0.2) is 24.8 Å². The third-order valence-corrected chi connectivity index (χ3v) is 1.42. The summed E-state index contributed by atoms with van der Waals surface area (Å²) in [6, 6.07) is 0. The SMILES string of the molecule is C=CCCN=C(C)CC(=O)OCC. The number of carbonyl (C=O) groups is 1. The molecule has 0 saturated carbocycles. The van der Waals surface area contributed by atoms with Crippen molar-refractivity contribution in [1.82, 2.24) is 0 Å². The monoisotopic (exact) mass is 183 g/mol. The van der Waals surface area contributed by atoms with Crippen LogP contribution in [0.5, 0.6) is 0 Å². The van der Waals surface area contributed by atoms with Crippen LogP contribution in [0.2, 0.25) is 0 Å². The zero-order chi connectivity index (χ0) is 10.1. The van der Waals surface area contributed by atoms with Gasteiger partial charge in [-0.15, -0.1) is 6.58 Å². The number of carbonyl (C=O) groups excluding carboxylic acids is 1. The molecule has 0 fully saturated rings. The third kappa shape index (κ3) is 7.25. The van der Waals surface area contributed by atoms with E-state index in [1.54, 1.807) is 13.0 Å². The van der Waals surface area contributed by atoms with Crippen molar-refractivity contribution in [3.05, 3.63) is 12.7 Å². The van der Waals surface area contributed by atoms with Crippen LogP contribution < -0.4 is 0 Å². The molecule has 0 rings (SSSR count). The van der Waals surface area contributed by atoms with E-state index in [9.17, 15) is 4.79 Å². The minimum absolute atomic E-state index is 0.206. The molecule has 0 unspecified atom stereocenters. The van der Waals surface area contributed by atoms with Crippen LogP contribution >= 0.6 is 0 Å². The van der Waals surface area contributed by atoms with Gasteiger partial charge in [0.1, 0.15) is 0 Å². The molecule has 74 valence electrons. The molecule has 3 nitrogen and oxygen atoms in total. The van der Waals surface area contributed by atoms with Gasteiger partial charge in [-0.1, -0.05) is 6.08 Å². The smallest absolute Gasteiger partial charge is 0.311 e. The van der Waals surface area contributed by atoms with Gasteiger partial charge in [0.05, 0.1) is 13.0 Å². The number of ether oxygens (including phenoxy) is 1. The molecule has 0 saturated heterocycles. The van der Waals surface area contributed by atoms with E-state index in [-0.39, 0.29) is 5.97 Å². The highest BCUT2D eigenvalue weighted by Crippen LogP contribution is 1.92. The fraction of sp³-hybridized carbons (Fsp3) is 0.600. The molecule has 0 aliphatic heterocycles. The maximum Gasteiger partial charge on any atom is 0.311 e. The van der Waals surface area contributed by atoms with Crippen molar-refractivity contribution in [3.8, 4) is 0 Å². The Hall–Kier alpha value is -1.12. The summed E-state index contributed by atoms with van der Waals surface area (Å²) in [5, 5.41) is 0. The molecule has 0 N–H and O–H groups in total. The summed E-state index contributed by atoms with van der Waals surface area (Å²) < 4.78 is 4.78. The Morgan fingerprint density at radius 1 is 1.62 bits per heavy atom. The van der Waals surface area contributed by atoms with Crippen molar-refractivity contribution in [3.63, 3.8) is 0 Å². The van der Waals surface area contributed by atoms with Gasteiger partial charge in [0.15, 0.2) is 0 Å². The number of esters is 1. The van der Waals surface area contributed by atoms with Gasteiger partial charge in [-0.05, 0) is 20.3 Å². The number of hydrogen-bond donors (Lipinski definition) is 0. The maximum atomic E-state index is 11.0. The summed E-state index contributed by atoms with van der Waals surface area (Å²) in [5.74, 6) is -0.206. The van der Waals surface area contributed by atoms with Crippen molar-refractivity contribution >= 4 is 11.7 Å². The Morgan fingerprint density at radius 3 is 2.85 bits per heavy atom. The predicted octanol–water partition coefficient (Wildman–Crippen LogP) is 1.98. The molecular formula is C10H17NO2. The lowest BCUT2D eigenvalue weighted by Gasteiger charge is -2.00. The first kappa shape index (κ1) is 11.9. The standard InChI is InChI=1S/C10H17NO2/c1-4-6-7-11-9(3)8-10(12)13-5-2/h4H,1,5-8H2,2-3H3. The molecule has 0 spiro atoms. The average Bonchev–Trinajstić information content (AvgIpc) is 2.05. The Balaban J connectivity index is 3.70. The van der Waals surface area contributed by atoms with Gasteiger partial charge >= 0.3 is 5.97 Å². The normalized spacial score (nSPS) is 11.1. The summed E-state index contributed by atoms with van der Waals surface area (Å²) in [6.07, 6.45) is 2.95. The Labute approximate surface area is 79.5 Å². The van der Waals surface area contributed by atoms with Gasteiger partial charge < -0.3 is 4.74 Å². The molecule has 0 bridgehead atoms. The van der Waals surface area contributed by atoms with Crippen LogP contribution in [0.1, 0.15) is 26.7 Å². The summed E-state index contributed by atoms with van der Waals surface area (Å²) in [5.41, 5.74) is 0.820. The Kier molecular flexibility index (Phi) is 6.88. The number of hydrogen-bond acceptors (Lipinski definition) is 3. The fourth-order valence-electron chi connectivity index (χ4n) is 0.824. The van der Waals surface area contributed by atoms with Crippen LogP contribution in [0, 0.1) is 0 Å². The molecule has 0 aromatic rings. The van der Waals surface area contributed by atoms with Crippen molar-refractivity contribution in [2.75, 3.05) is 13.2 Å². The van der Waals surface area contributed by atoms with Crippen LogP contribution in [0.4, 0.5) is 0 Å². The van der Waals surface area contributed by atoms with Gasteiger partial charge in [0.25, 0.3) is 0 Å². The number of aliphatic imine (C=N–C) groups is 1. The fourth-order valence-corrected chi connectivity index (χ4v) is 0.824. The molecule has 0 aromatic carbocycles. The highest BCUT2D eigenvalue weighted by Gasteiger charge is 2.02. The molecule has 0 radical (unpaired) electrons. The van der Waals surface area contributed by atoms with E-state index in [4.69, 9.17) is 4.74 Å². The maximum absolute atomic E-state index is 11.0. The van der Waals surface area contributed by atoms with Gasteiger partial charge in [-0.3, -0.25) is 9.79 Å². The largest absolute Gasteiger partial charge is 0.466 e.